The lowest BCUT2D eigenvalue weighted by Gasteiger charge is -2.43. The second-order valence-corrected chi connectivity index (χ2v) is 12.6. The van der Waals surface area contributed by atoms with Gasteiger partial charge in [-0.25, -0.2) is 4.79 Å². The van der Waals surface area contributed by atoms with Crippen LogP contribution in [0.3, 0.4) is 0 Å². The molecule has 3 fully saturated rings. The van der Waals surface area contributed by atoms with E-state index in [0.29, 0.717) is 0 Å². The number of carboxylic acids is 1. The van der Waals surface area contributed by atoms with Gasteiger partial charge in [0.15, 0.2) is 0 Å². The summed E-state index contributed by atoms with van der Waals surface area (Å²) in [6.07, 6.45) is 0.796. The topological polar surface area (TPSA) is 108 Å². The number of nitrogens with one attached hydrogen (secondary N) is 1. The van der Waals surface area contributed by atoms with Crippen LogP contribution in [0.25, 0.3) is 0 Å². The van der Waals surface area contributed by atoms with Crippen LogP contribution in [0.1, 0.15) is 42.2 Å². The lowest BCUT2D eigenvalue weighted by Crippen LogP contribution is -2.49. The number of H-pyrrole nitrogens is 1. The molecule has 1 aromatic heterocycles. The van der Waals surface area contributed by atoms with E-state index in [9.17, 15) is 24.3 Å². The predicted octanol–water partition coefficient (Wildman–Crippen LogP) is 3.33. The summed E-state index contributed by atoms with van der Waals surface area (Å²) < 4.78 is 0. The zero-order valence-electron chi connectivity index (χ0n) is 19.1. The maximum atomic E-state index is 13.6. The van der Waals surface area contributed by atoms with Crippen molar-refractivity contribution in [2.75, 3.05) is 0 Å². The highest BCUT2D eigenvalue weighted by atomic mass is 32.2. The molecular weight excluding hydrogens is 472 g/mol. The molecule has 4 aliphatic rings. The maximum Gasteiger partial charge on any atom is 0.327 e. The van der Waals surface area contributed by atoms with Crippen molar-refractivity contribution in [3.8, 4) is 0 Å². The van der Waals surface area contributed by atoms with Crippen molar-refractivity contribution in [1.29, 1.82) is 0 Å². The molecule has 3 heterocycles. The van der Waals surface area contributed by atoms with Gasteiger partial charge in [0.25, 0.3) is 0 Å². The molecule has 1 saturated heterocycles. The summed E-state index contributed by atoms with van der Waals surface area (Å²) in [4.78, 5) is 56.5. The summed E-state index contributed by atoms with van der Waals surface area (Å²) in [6, 6.07) is 7.23. The number of nitrogens with zero attached hydrogens (tertiary/aromatic N) is 1. The van der Waals surface area contributed by atoms with Crippen molar-refractivity contribution in [2.45, 2.75) is 49.4 Å². The number of hydrogen-bond acceptors (Lipinski definition) is 6. The Morgan fingerprint density at radius 3 is 2.35 bits per heavy atom. The molecule has 178 valence electrons. The van der Waals surface area contributed by atoms with Gasteiger partial charge in [0.05, 0.1) is 16.9 Å². The monoisotopic (exact) mass is 498 g/mol. The molecule has 2 N–H and O–H groups in total. The Labute approximate surface area is 204 Å². The van der Waals surface area contributed by atoms with Crippen LogP contribution in [0.15, 0.2) is 34.1 Å². The van der Waals surface area contributed by atoms with E-state index in [0.717, 1.165) is 32.4 Å². The van der Waals surface area contributed by atoms with Crippen LogP contribution in [0.2, 0.25) is 0 Å². The highest BCUT2D eigenvalue weighted by Crippen LogP contribution is 2.68. The molecule has 9 heteroatoms. The van der Waals surface area contributed by atoms with Crippen LogP contribution in [0, 0.1) is 42.4 Å². The average Bonchev–Trinajstić information content (AvgIpc) is 3.49. The van der Waals surface area contributed by atoms with Gasteiger partial charge in [-0.05, 0) is 42.6 Å². The first-order valence-electron chi connectivity index (χ1n) is 11.7. The van der Waals surface area contributed by atoms with E-state index in [1.807, 2.05) is 6.92 Å². The van der Waals surface area contributed by atoms with Crippen LogP contribution in [-0.2, 0) is 14.4 Å². The standard InChI is InChI=1S/C25H26N2O5S2/c1-9(2)18(24(30)31)27-22(28)16-12-8-13(17(16)23(27)29)19-15(12)14(11-6-4-10(3)5-7-11)20-21(33-19)26-25(32)34-20/h4-7,9,12-19H,8H2,1-3H3,(H,26,32)(H,30,31)/t12-,13+,14-,15+,16+,17+,18-,19+/m0/s1. The first kappa shape index (κ1) is 22.1. The van der Waals surface area contributed by atoms with Gasteiger partial charge in [0.1, 0.15) is 6.04 Å². The molecule has 2 aliphatic carbocycles. The quantitative estimate of drug-likeness (QED) is 0.626. The average molecular weight is 499 g/mol. The van der Waals surface area contributed by atoms with Crippen molar-refractivity contribution in [3.63, 3.8) is 0 Å². The number of carbonyl (C=O) groups is 3. The lowest BCUT2D eigenvalue weighted by atomic mass is 9.68. The van der Waals surface area contributed by atoms with E-state index in [1.165, 1.54) is 11.3 Å². The fourth-order valence-corrected chi connectivity index (χ4v) is 10.0. The van der Waals surface area contributed by atoms with Gasteiger partial charge in [-0.1, -0.05) is 55.0 Å². The number of amides is 2. The third-order valence-corrected chi connectivity index (χ3v) is 10.9. The summed E-state index contributed by atoms with van der Waals surface area (Å²) >= 11 is 2.89. The third kappa shape index (κ3) is 2.89. The number of aliphatic carboxylic acids is 1. The summed E-state index contributed by atoms with van der Waals surface area (Å²) in [6.45, 7) is 5.51. The zero-order chi connectivity index (χ0) is 24.0. The summed E-state index contributed by atoms with van der Waals surface area (Å²) in [7, 11) is 0. The number of fused-ring (bicyclic) bond motifs is 9. The number of aromatic amines is 1. The Hall–Kier alpha value is -2.39. The third-order valence-electron chi connectivity index (χ3n) is 8.36. The molecule has 2 aliphatic heterocycles. The van der Waals surface area contributed by atoms with Gasteiger partial charge in [0, 0.05) is 16.0 Å². The number of aromatic nitrogens is 1. The Balaban J connectivity index is 1.44. The minimum absolute atomic E-state index is 0.00226. The molecule has 1 aromatic carbocycles. The fourth-order valence-electron chi connectivity index (χ4n) is 7.15. The molecule has 0 radical (unpaired) electrons. The van der Waals surface area contributed by atoms with E-state index < -0.39 is 23.8 Å². The molecule has 2 bridgehead atoms. The summed E-state index contributed by atoms with van der Waals surface area (Å²) in [5.41, 5.74) is 2.28. The molecule has 34 heavy (non-hydrogen) atoms. The van der Waals surface area contributed by atoms with Crippen molar-refractivity contribution < 1.29 is 19.5 Å². The number of thiazole rings is 1. The van der Waals surface area contributed by atoms with Crippen LogP contribution in [0.4, 0.5) is 0 Å². The smallest absolute Gasteiger partial charge is 0.327 e. The van der Waals surface area contributed by atoms with E-state index in [-0.39, 0.29) is 51.5 Å². The van der Waals surface area contributed by atoms with Crippen LogP contribution < -0.4 is 4.87 Å². The minimum atomic E-state index is -1.13. The van der Waals surface area contributed by atoms with E-state index in [2.05, 4.69) is 29.2 Å². The highest BCUT2D eigenvalue weighted by molar-refractivity contribution is 8.00. The first-order chi connectivity index (χ1) is 16.2. The number of rotatable bonds is 4. The largest absolute Gasteiger partial charge is 0.480 e. The van der Waals surface area contributed by atoms with Crippen molar-refractivity contribution in [3.05, 3.63) is 49.9 Å². The molecule has 0 unspecified atom stereocenters. The number of thioether (sulfide) groups is 1. The Morgan fingerprint density at radius 1 is 1.09 bits per heavy atom. The Morgan fingerprint density at radius 2 is 1.74 bits per heavy atom. The number of carbonyl (C=O) groups excluding carboxylic acids is 2. The number of likely N-dealkylation sites (tertiary alicyclic amines) is 1. The molecule has 8 atom stereocenters. The second-order valence-electron chi connectivity index (χ2n) is 10.4. The fraction of sp³-hybridized carbons (Fsp3) is 0.520. The number of carboxylic acid groups (broad SMARTS) is 1. The van der Waals surface area contributed by atoms with Crippen molar-refractivity contribution in [2.24, 2.45) is 35.5 Å². The minimum Gasteiger partial charge on any atom is -0.480 e. The molecule has 2 aromatic rings. The molecule has 2 amide bonds. The van der Waals surface area contributed by atoms with Gasteiger partial charge in [-0.15, -0.1) is 11.8 Å². The van der Waals surface area contributed by atoms with Gasteiger partial charge in [-0.2, -0.15) is 0 Å². The highest BCUT2D eigenvalue weighted by Gasteiger charge is 2.70. The summed E-state index contributed by atoms with van der Waals surface area (Å²) in [5.74, 6) is -2.96. The zero-order valence-corrected chi connectivity index (χ0v) is 20.7. The molecule has 6 rings (SSSR count). The maximum absolute atomic E-state index is 13.6. The lowest BCUT2D eigenvalue weighted by molar-refractivity contribution is -0.157. The van der Waals surface area contributed by atoms with E-state index in [4.69, 9.17) is 0 Å². The Kier molecular flexibility index (Phi) is 4.91. The number of hydrogen-bond donors (Lipinski definition) is 2. The van der Waals surface area contributed by atoms with Gasteiger partial charge >= 0.3 is 10.8 Å². The van der Waals surface area contributed by atoms with Crippen LogP contribution in [-0.4, -0.2) is 44.1 Å². The number of benzene rings is 1. The second kappa shape index (κ2) is 7.55. The number of aryl methyl sites for hydroxylation is 1. The van der Waals surface area contributed by atoms with Gasteiger partial charge < -0.3 is 10.1 Å². The van der Waals surface area contributed by atoms with Gasteiger partial charge in [0.2, 0.25) is 11.8 Å². The van der Waals surface area contributed by atoms with Crippen LogP contribution in [0.5, 0.6) is 0 Å². The normalized spacial score (nSPS) is 34.4. The molecule has 7 nitrogen and oxygen atoms in total. The number of imide groups is 1. The molecule has 0 spiro atoms. The van der Waals surface area contributed by atoms with Gasteiger partial charge in [-0.3, -0.25) is 19.3 Å². The predicted molar refractivity (Wildman–Crippen MR) is 128 cm³/mol. The molecular formula is C25H26N2O5S2. The SMILES string of the molecule is Cc1ccc([C@@H]2c3sc(=O)[nH]c3S[C@@H]3[C@@H]4C[C@H]([C@H]5C(=O)N([C@H](C(=O)O)C(C)C)C(=O)[C@H]45)[C@H]23)cc1. The van der Waals surface area contributed by atoms with Crippen LogP contribution >= 0.6 is 23.1 Å². The summed E-state index contributed by atoms with van der Waals surface area (Å²) in [5, 5.41) is 10.8. The van der Waals surface area contributed by atoms with E-state index in [1.54, 1.807) is 25.6 Å². The van der Waals surface area contributed by atoms with Crippen molar-refractivity contribution >= 4 is 40.9 Å². The first-order valence-corrected chi connectivity index (χ1v) is 13.4. The Bertz CT molecular complexity index is 1260. The molecule has 2 saturated carbocycles. The van der Waals surface area contributed by atoms with Crippen molar-refractivity contribution in [1.82, 2.24) is 9.88 Å². The van der Waals surface area contributed by atoms with E-state index >= 15 is 0 Å².